The summed E-state index contributed by atoms with van der Waals surface area (Å²) in [5, 5.41) is 2.55. The van der Waals surface area contributed by atoms with Crippen LogP contribution in [0.1, 0.15) is 22.3 Å². The largest absolute Gasteiger partial charge is 0.489 e. The number of ether oxygens (including phenoxy) is 2. The summed E-state index contributed by atoms with van der Waals surface area (Å²) >= 11 is 6.42. The molecule has 4 aromatic rings. The number of carbonyl (C=O) groups is 3. The zero-order chi connectivity index (χ0) is 28.1. The topological polar surface area (TPSA) is 84.9 Å². The van der Waals surface area contributed by atoms with Crippen LogP contribution in [0.5, 0.6) is 11.5 Å². The Morgan fingerprint density at radius 2 is 1.48 bits per heavy atom. The van der Waals surface area contributed by atoms with Crippen LogP contribution in [0.25, 0.3) is 6.08 Å². The van der Waals surface area contributed by atoms with Crippen molar-refractivity contribution in [3.63, 3.8) is 0 Å². The van der Waals surface area contributed by atoms with E-state index in [4.69, 9.17) is 21.1 Å². The maximum Gasteiger partial charge on any atom is 0.335 e. The van der Waals surface area contributed by atoms with Crippen LogP contribution in [0, 0.1) is 6.92 Å². The summed E-state index contributed by atoms with van der Waals surface area (Å²) in [6.45, 7) is 2.73. The van der Waals surface area contributed by atoms with E-state index < -0.39 is 17.8 Å². The first kappa shape index (κ1) is 26.7. The van der Waals surface area contributed by atoms with Crippen molar-refractivity contribution in [2.24, 2.45) is 0 Å². The molecule has 0 bridgehead atoms. The Bertz CT molecular complexity index is 1580. The molecule has 1 fully saturated rings. The fourth-order valence-corrected chi connectivity index (χ4v) is 4.30. The van der Waals surface area contributed by atoms with Crippen molar-refractivity contribution in [2.45, 2.75) is 20.1 Å². The van der Waals surface area contributed by atoms with Crippen molar-refractivity contribution < 1.29 is 23.9 Å². The molecule has 1 aliphatic rings. The SMILES string of the molecule is Cc1ccc(COc2ccc(/C=C3\C(=O)NC(=O)N(c4ccc(OCc5ccccc5)cc4)C3=O)cc2Cl)cc1. The number of barbiturate groups is 1. The molecule has 0 aliphatic carbocycles. The van der Waals surface area contributed by atoms with E-state index in [1.54, 1.807) is 42.5 Å². The lowest BCUT2D eigenvalue weighted by molar-refractivity contribution is -0.122. The number of imide groups is 2. The first-order valence-electron chi connectivity index (χ1n) is 12.5. The van der Waals surface area contributed by atoms with Gasteiger partial charge in [-0.15, -0.1) is 0 Å². The number of rotatable bonds is 8. The third-order valence-electron chi connectivity index (χ3n) is 6.23. The molecule has 0 spiro atoms. The summed E-state index contributed by atoms with van der Waals surface area (Å²) in [6, 6.07) is 28.3. The number of aryl methyl sites for hydroxylation is 1. The van der Waals surface area contributed by atoms with Crippen molar-refractivity contribution in [1.29, 1.82) is 0 Å². The Morgan fingerprint density at radius 1 is 0.800 bits per heavy atom. The number of halogens is 1. The van der Waals surface area contributed by atoms with Crippen molar-refractivity contribution in [1.82, 2.24) is 5.32 Å². The second-order valence-electron chi connectivity index (χ2n) is 9.19. The summed E-state index contributed by atoms with van der Waals surface area (Å²) in [6.07, 6.45) is 1.39. The van der Waals surface area contributed by atoms with Gasteiger partial charge in [0, 0.05) is 0 Å². The molecule has 0 radical (unpaired) electrons. The van der Waals surface area contributed by atoms with Gasteiger partial charge < -0.3 is 9.47 Å². The third kappa shape index (κ3) is 6.22. The zero-order valence-corrected chi connectivity index (χ0v) is 22.4. The molecular weight excluding hydrogens is 528 g/mol. The lowest BCUT2D eigenvalue weighted by Crippen LogP contribution is -2.54. The lowest BCUT2D eigenvalue weighted by Gasteiger charge is -2.26. The van der Waals surface area contributed by atoms with Crippen molar-refractivity contribution in [2.75, 3.05) is 4.90 Å². The minimum Gasteiger partial charge on any atom is -0.489 e. The van der Waals surface area contributed by atoms with E-state index in [9.17, 15) is 14.4 Å². The minimum absolute atomic E-state index is 0.201. The molecule has 0 saturated carbocycles. The molecule has 4 amide bonds. The van der Waals surface area contributed by atoms with E-state index in [0.717, 1.165) is 21.6 Å². The molecule has 1 saturated heterocycles. The van der Waals surface area contributed by atoms with E-state index in [0.29, 0.717) is 41.0 Å². The van der Waals surface area contributed by atoms with Crippen molar-refractivity contribution >= 4 is 41.2 Å². The Morgan fingerprint density at radius 3 is 2.17 bits per heavy atom. The fraction of sp³-hybridized carbons (Fsp3) is 0.0938. The van der Waals surface area contributed by atoms with Gasteiger partial charge in [-0.25, -0.2) is 9.69 Å². The highest BCUT2D eigenvalue weighted by Crippen LogP contribution is 2.29. The summed E-state index contributed by atoms with van der Waals surface area (Å²) < 4.78 is 11.6. The third-order valence-corrected chi connectivity index (χ3v) is 6.52. The Balaban J connectivity index is 1.29. The van der Waals surface area contributed by atoms with Crippen LogP contribution in [0.4, 0.5) is 10.5 Å². The molecule has 200 valence electrons. The number of urea groups is 1. The summed E-state index contributed by atoms with van der Waals surface area (Å²) in [5.41, 5.74) is 3.77. The number of nitrogens with zero attached hydrogens (tertiary/aromatic N) is 1. The second-order valence-corrected chi connectivity index (χ2v) is 9.60. The maximum atomic E-state index is 13.3. The molecule has 1 heterocycles. The van der Waals surface area contributed by atoms with Gasteiger partial charge in [-0.1, -0.05) is 77.8 Å². The number of hydrogen-bond donors (Lipinski definition) is 1. The second kappa shape index (κ2) is 11.9. The normalized spacial score (nSPS) is 14.3. The standard InChI is InChI=1S/C32H25ClN2O5/c1-21-7-9-23(10-8-21)20-40-29-16-11-24(18-28(29)33)17-27-30(36)34-32(38)35(31(27)37)25-12-14-26(15-13-25)39-19-22-5-3-2-4-6-22/h2-18H,19-20H2,1H3,(H,34,36,38)/b27-17+. The van der Waals surface area contributed by atoms with Crippen LogP contribution in [0.2, 0.25) is 5.02 Å². The highest BCUT2D eigenvalue weighted by atomic mass is 35.5. The van der Waals surface area contributed by atoms with Gasteiger partial charge in [0.05, 0.1) is 10.7 Å². The van der Waals surface area contributed by atoms with Crippen molar-refractivity contribution in [3.05, 3.63) is 130 Å². The molecule has 7 nitrogen and oxygen atoms in total. The fourth-order valence-electron chi connectivity index (χ4n) is 4.06. The molecule has 0 atom stereocenters. The van der Waals surface area contributed by atoms with Gasteiger partial charge in [0.2, 0.25) is 0 Å². The van der Waals surface area contributed by atoms with E-state index in [1.165, 1.54) is 6.08 Å². The van der Waals surface area contributed by atoms with Gasteiger partial charge in [-0.2, -0.15) is 0 Å². The molecule has 8 heteroatoms. The number of anilines is 1. The zero-order valence-electron chi connectivity index (χ0n) is 21.6. The maximum absolute atomic E-state index is 13.3. The molecule has 1 aliphatic heterocycles. The Labute approximate surface area is 236 Å². The van der Waals surface area contributed by atoms with Gasteiger partial charge in [-0.05, 0) is 66.1 Å². The Hall–Kier alpha value is -4.88. The van der Waals surface area contributed by atoms with Gasteiger partial charge in [0.15, 0.2) is 0 Å². The molecule has 0 aromatic heterocycles. The highest BCUT2D eigenvalue weighted by molar-refractivity contribution is 6.39. The molecule has 5 rings (SSSR count). The van der Waals surface area contributed by atoms with Gasteiger partial charge in [-0.3, -0.25) is 14.9 Å². The number of amides is 4. The Kier molecular flexibility index (Phi) is 7.94. The van der Waals surface area contributed by atoms with Crippen LogP contribution in [0.15, 0.2) is 103 Å². The molecule has 1 N–H and O–H groups in total. The summed E-state index contributed by atoms with van der Waals surface area (Å²) in [5.74, 6) is -0.494. The van der Waals surface area contributed by atoms with Crippen LogP contribution in [-0.4, -0.2) is 17.8 Å². The van der Waals surface area contributed by atoms with E-state index in [-0.39, 0.29) is 5.57 Å². The van der Waals surface area contributed by atoms with Crippen molar-refractivity contribution in [3.8, 4) is 11.5 Å². The first-order valence-corrected chi connectivity index (χ1v) is 12.9. The lowest BCUT2D eigenvalue weighted by atomic mass is 10.1. The summed E-state index contributed by atoms with van der Waals surface area (Å²) in [4.78, 5) is 39.4. The van der Waals surface area contributed by atoms with Crippen LogP contribution in [0.3, 0.4) is 0 Å². The average molecular weight is 553 g/mol. The van der Waals surface area contributed by atoms with Gasteiger partial charge in [0.25, 0.3) is 11.8 Å². The predicted octanol–water partition coefficient (Wildman–Crippen LogP) is 6.47. The minimum atomic E-state index is -0.831. The summed E-state index contributed by atoms with van der Waals surface area (Å²) in [7, 11) is 0. The average Bonchev–Trinajstić information content (AvgIpc) is 2.96. The monoisotopic (exact) mass is 552 g/mol. The van der Waals surface area contributed by atoms with Gasteiger partial charge >= 0.3 is 6.03 Å². The molecule has 0 unspecified atom stereocenters. The molecule has 40 heavy (non-hydrogen) atoms. The van der Waals surface area contributed by atoms with Gasteiger partial charge in [0.1, 0.15) is 30.3 Å². The van der Waals surface area contributed by atoms with E-state index >= 15 is 0 Å². The highest BCUT2D eigenvalue weighted by Gasteiger charge is 2.36. The molecule has 4 aromatic carbocycles. The van der Waals surface area contributed by atoms with E-state index in [1.807, 2.05) is 61.5 Å². The van der Waals surface area contributed by atoms with E-state index in [2.05, 4.69) is 5.32 Å². The predicted molar refractivity (Wildman–Crippen MR) is 153 cm³/mol. The number of benzene rings is 4. The quantitative estimate of drug-likeness (QED) is 0.200. The number of hydrogen-bond acceptors (Lipinski definition) is 5. The van der Waals surface area contributed by atoms with Crippen LogP contribution in [-0.2, 0) is 22.8 Å². The number of nitrogens with one attached hydrogen (secondary N) is 1. The van der Waals surface area contributed by atoms with Crippen LogP contribution >= 0.6 is 11.6 Å². The smallest absolute Gasteiger partial charge is 0.335 e. The molecular formula is C32H25ClN2O5. The van der Waals surface area contributed by atoms with Crippen LogP contribution < -0.4 is 19.7 Å². The first-order chi connectivity index (χ1) is 19.4. The number of carbonyl (C=O) groups excluding carboxylic acids is 3.